The second-order valence-electron chi connectivity index (χ2n) is 4.48. The molecule has 21 heavy (non-hydrogen) atoms. The van der Waals surface area contributed by atoms with Gasteiger partial charge in [0.2, 0.25) is 0 Å². The van der Waals surface area contributed by atoms with Crippen LogP contribution < -0.4 is 4.18 Å². The highest BCUT2D eigenvalue weighted by atomic mass is 32.2. The number of aryl methyl sites for hydroxylation is 2. The van der Waals surface area contributed by atoms with Crippen LogP contribution >= 0.6 is 10.9 Å². The summed E-state index contributed by atoms with van der Waals surface area (Å²) in [6, 6.07) is 3.31. The number of benzene rings is 1. The molecule has 0 aliphatic carbocycles. The fourth-order valence-electron chi connectivity index (χ4n) is 1.87. The molecule has 0 saturated heterocycles. The summed E-state index contributed by atoms with van der Waals surface area (Å²) in [6.45, 7) is 3.05. The topological polar surface area (TPSA) is 43.4 Å². The van der Waals surface area contributed by atoms with Gasteiger partial charge < -0.3 is 4.18 Å². The molecule has 0 fully saturated rings. The van der Waals surface area contributed by atoms with E-state index in [1.807, 2.05) is 23.0 Å². The largest absolute Gasteiger partial charge is 0.534 e. The highest BCUT2D eigenvalue weighted by Crippen LogP contribution is 2.44. The van der Waals surface area contributed by atoms with Gasteiger partial charge in [0, 0.05) is 0 Å². The van der Waals surface area contributed by atoms with E-state index in [0.29, 0.717) is 11.1 Å². The zero-order valence-corrected chi connectivity index (χ0v) is 12.9. The minimum Gasteiger partial charge on any atom is -0.375 e. The lowest BCUT2D eigenvalue weighted by atomic mass is 10.1. The predicted molar refractivity (Wildman–Crippen MR) is 77.1 cm³/mol. The van der Waals surface area contributed by atoms with Crippen molar-refractivity contribution in [2.45, 2.75) is 24.3 Å². The van der Waals surface area contributed by atoms with Crippen LogP contribution in [0.2, 0.25) is 0 Å². The van der Waals surface area contributed by atoms with Crippen LogP contribution in [0.3, 0.4) is 0 Å². The molecular formula is C13H13F3O3S2. The summed E-state index contributed by atoms with van der Waals surface area (Å²) in [4.78, 5) is 0.932. The summed E-state index contributed by atoms with van der Waals surface area (Å²) in [5.41, 5.74) is -4.73. The third-order valence-electron chi connectivity index (χ3n) is 2.82. The Bertz CT molecular complexity index is 684. The number of hydrogen-bond donors (Lipinski definition) is 1. The summed E-state index contributed by atoms with van der Waals surface area (Å²) < 4.78 is 63.6. The highest BCUT2D eigenvalue weighted by Gasteiger charge is 2.48. The maximum absolute atomic E-state index is 12.4. The molecule has 1 aromatic carbocycles. The maximum Gasteiger partial charge on any atom is 0.534 e. The molecule has 1 aromatic rings. The van der Waals surface area contributed by atoms with Crippen molar-refractivity contribution in [1.29, 1.82) is 0 Å². The Kier molecular flexibility index (Phi) is 4.12. The van der Waals surface area contributed by atoms with Gasteiger partial charge >= 0.3 is 15.6 Å². The molecule has 0 spiro atoms. The van der Waals surface area contributed by atoms with Crippen molar-refractivity contribution in [3.8, 4) is 5.75 Å². The second kappa shape index (κ2) is 5.42. The van der Waals surface area contributed by atoms with E-state index in [9.17, 15) is 21.6 Å². The monoisotopic (exact) mass is 338 g/mol. The number of thiol groups is 1. The molecule has 0 saturated carbocycles. The number of alkyl halides is 3. The normalized spacial score (nSPS) is 16.5. The molecule has 1 aliphatic rings. The second-order valence-corrected chi connectivity index (χ2v) is 7.95. The third kappa shape index (κ3) is 3.26. The molecule has 8 heteroatoms. The maximum atomic E-state index is 12.4. The molecule has 0 unspecified atom stereocenters. The van der Waals surface area contributed by atoms with E-state index < -0.39 is 26.5 Å². The van der Waals surface area contributed by atoms with E-state index in [0.717, 1.165) is 4.90 Å². The van der Waals surface area contributed by atoms with Crippen molar-refractivity contribution < 1.29 is 25.8 Å². The molecule has 0 atom stereocenters. The first-order valence-electron chi connectivity index (χ1n) is 5.87. The van der Waals surface area contributed by atoms with Gasteiger partial charge in [-0.05, 0) is 52.8 Å². The van der Waals surface area contributed by atoms with Crippen LogP contribution in [0, 0.1) is 13.8 Å². The van der Waals surface area contributed by atoms with Gasteiger partial charge in [-0.3, -0.25) is 0 Å². The minimum atomic E-state index is -5.65. The van der Waals surface area contributed by atoms with E-state index in [-0.39, 0.29) is 5.75 Å². The number of halogens is 3. The Balaban J connectivity index is 2.39. The summed E-state index contributed by atoms with van der Waals surface area (Å²) in [5, 5.41) is 3.99. The van der Waals surface area contributed by atoms with Gasteiger partial charge in [-0.1, -0.05) is 12.2 Å². The fraction of sp³-hybridized carbons (Fsp3) is 0.231. The van der Waals surface area contributed by atoms with Crippen LogP contribution in [-0.2, 0) is 10.1 Å². The summed E-state index contributed by atoms with van der Waals surface area (Å²) >= 11 is 0. The molecular weight excluding hydrogens is 325 g/mol. The van der Waals surface area contributed by atoms with Crippen LogP contribution in [0.15, 0.2) is 40.0 Å². The molecule has 0 N–H and O–H groups in total. The number of hydrogen-bond acceptors (Lipinski definition) is 3. The van der Waals surface area contributed by atoms with Gasteiger partial charge in [0.15, 0.2) is 0 Å². The van der Waals surface area contributed by atoms with E-state index in [2.05, 4.69) is 4.18 Å². The molecule has 0 radical (unpaired) electrons. The van der Waals surface area contributed by atoms with E-state index in [4.69, 9.17) is 0 Å². The van der Waals surface area contributed by atoms with Gasteiger partial charge in [-0.2, -0.15) is 32.5 Å². The van der Waals surface area contributed by atoms with Gasteiger partial charge in [0.05, 0.1) is 0 Å². The summed E-state index contributed by atoms with van der Waals surface area (Å²) in [5.74, 6) is -0.266. The third-order valence-corrected chi connectivity index (χ3v) is 5.62. The van der Waals surface area contributed by atoms with Crippen molar-refractivity contribution in [2.24, 2.45) is 0 Å². The Morgan fingerprint density at radius 1 is 1.05 bits per heavy atom. The van der Waals surface area contributed by atoms with Crippen molar-refractivity contribution >= 4 is 21.0 Å². The van der Waals surface area contributed by atoms with Crippen molar-refractivity contribution in [3.63, 3.8) is 0 Å². The van der Waals surface area contributed by atoms with Crippen molar-refractivity contribution in [1.82, 2.24) is 0 Å². The van der Waals surface area contributed by atoms with Crippen LogP contribution in [0.4, 0.5) is 13.2 Å². The Hall–Kier alpha value is -1.41. The average molecular weight is 338 g/mol. The van der Waals surface area contributed by atoms with Crippen molar-refractivity contribution in [3.05, 3.63) is 46.2 Å². The Morgan fingerprint density at radius 2 is 1.52 bits per heavy atom. The van der Waals surface area contributed by atoms with E-state index in [1.165, 1.54) is 13.8 Å². The smallest absolute Gasteiger partial charge is 0.375 e. The minimum absolute atomic E-state index is 0.266. The Labute approximate surface area is 123 Å². The molecule has 0 bridgehead atoms. The predicted octanol–water partition coefficient (Wildman–Crippen LogP) is 3.93. The zero-order chi connectivity index (χ0) is 15.8. The summed E-state index contributed by atoms with van der Waals surface area (Å²) in [6.07, 6.45) is 3.80. The standard InChI is InChI=1S/C13H13F3O3S2/c1-9-7-11(20-5-3-4-6-20)8-10(2)12(9)19-21(17,18)13(14,15)16/h3-8,20H,1-2H3. The molecule has 0 aromatic heterocycles. The van der Waals surface area contributed by atoms with Crippen LogP contribution in [0.1, 0.15) is 11.1 Å². The molecule has 2 rings (SSSR count). The number of allylic oxidation sites excluding steroid dienone is 2. The average Bonchev–Trinajstić information content (AvgIpc) is 2.85. The van der Waals surface area contributed by atoms with Gasteiger partial charge in [0.25, 0.3) is 0 Å². The highest BCUT2D eigenvalue weighted by molar-refractivity contribution is 8.22. The fourth-order valence-corrected chi connectivity index (χ4v) is 4.15. The molecule has 1 aliphatic heterocycles. The van der Waals surface area contributed by atoms with Gasteiger partial charge in [-0.15, -0.1) is 0 Å². The molecule has 1 heterocycles. The SMILES string of the molecule is Cc1cc([SH]2C=CC=C2)cc(C)c1OS(=O)(=O)C(F)(F)F. The first-order valence-corrected chi connectivity index (χ1v) is 8.76. The lowest BCUT2D eigenvalue weighted by Gasteiger charge is -2.17. The Morgan fingerprint density at radius 3 is 1.95 bits per heavy atom. The van der Waals surface area contributed by atoms with Gasteiger partial charge in [0.1, 0.15) is 5.75 Å². The molecule has 3 nitrogen and oxygen atoms in total. The zero-order valence-electron chi connectivity index (χ0n) is 11.2. The van der Waals surface area contributed by atoms with Gasteiger partial charge in [-0.25, -0.2) is 0 Å². The summed E-state index contributed by atoms with van der Waals surface area (Å²) in [7, 11) is -6.28. The van der Waals surface area contributed by atoms with E-state index in [1.54, 1.807) is 12.1 Å². The van der Waals surface area contributed by atoms with Crippen LogP contribution in [0.5, 0.6) is 5.75 Å². The molecule has 116 valence electrons. The van der Waals surface area contributed by atoms with Crippen LogP contribution in [0.25, 0.3) is 0 Å². The lowest BCUT2D eigenvalue weighted by molar-refractivity contribution is -0.0500. The quantitative estimate of drug-likeness (QED) is 0.516. The first kappa shape index (κ1) is 16.0. The lowest BCUT2D eigenvalue weighted by Crippen LogP contribution is -2.28. The molecule has 0 amide bonds. The van der Waals surface area contributed by atoms with Crippen molar-refractivity contribution in [2.75, 3.05) is 0 Å². The van der Waals surface area contributed by atoms with Crippen LogP contribution in [-0.4, -0.2) is 13.9 Å². The first-order chi connectivity index (χ1) is 9.62. The number of rotatable bonds is 3. The van der Waals surface area contributed by atoms with E-state index >= 15 is 0 Å².